The summed E-state index contributed by atoms with van der Waals surface area (Å²) in [6.07, 6.45) is 0.969. The minimum Gasteiger partial charge on any atom is -0.357 e. The third-order valence-corrected chi connectivity index (χ3v) is 2.89. The van der Waals surface area contributed by atoms with Crippen LogP contribution >= 0.6 is 11.3 Å². The minimum absolute atomic E-state index is 0.396. The van der Waals surface area contributed by atoms with Gasteiger partial charge in [-0.1, -0.05) is 25.2 Å². The number of nitrogens with one attached hydrogen (secondary N) is 1. The molecule has 0 saturated carbocycles. The monoisotopic (exact) mass is 214 g/mol. The maximum Gasteiger partial charge on any atom is 0.205 e. The molecule has 5 heteroatoms. The van der Waals surface area contributed by atoms with E-state index in [1.165, 1.54) is 0 Å². The Balaban J connectivity index is 2.55. The van der Waals surface area contributed by atoms with Crippen molar-refractivity contribution in [2.45, 2.75) is 33.2 Å². The number of rotatable bonds is 5. The minimum atomic E-state index is 0.396. The molecule has 0 aliphatic heterocycles. The number of nitrogens with zero attached hydrogens (tertiary/aromatic N) is 2. The average Bonchev–Trinajstić information content (AvgIpc) is 2.50. The second kappa shape index (κ2) is 5.26. The number of aromatic nitrogens is 2. The summed E-state index contributed by atoms with van der Waals surface area (Å²) in [6.45, 7) is 7.02. The van der Waals surface area contributed by atoms with E-state index in [0.717, 1.165) is 16.6 Å². The second-order valence-electron chi connectivity index (χ2n) is 3.70. The highest BCUT2D eigenvalue weighted by molar-refractivity contribution is 7.15. The fourth-order valence-corrected chi connectivity index (χ4v) is 1.92. The molecular formula is C9H18N4S. The predicted molar refractivity (Wildman–Crippen MR) is 60.6 cm³/mol. The van der Waals surface area contributed by atoms with Crippen LogP contribution in [0.2, 0.25) is 0 Å². The predicted octanol–water partition coefficient (Wildman–Crippen LogP) is 1.63. The number of hydrogen-bond acceptors (Lipinski definition) is 5. The maximum absolute atomic E-state index is 5.55. The third-order valence-electron chi connectivity index (χ3n) is 2.12. The fourth-order valence-electron chi connectivity index (χ4n) is 1.27. The molecule has 80 valence electrons. The first-order valence-corrected chi connectivity index (χ1v) is 5.72. The zero-order valence-corrected chi connectivity index (χ0v) is 9.77. The van der Waals surface area contributed by atoms with Crippen molar-refractivity contribution in [2.75, 3.05) is 11.9 Å². The molecule has 0 saturated heterocycles. The third kappa shape index (κ3) is 3.23. The van der Waals surface area contributed by atoms with Gasteiger partial charge < -0.3 is 11.1 Å². The Bertz CT molecular complexity index is 272. The Labute approximate surface area is 88.9 Å². The van der Waals surface area contributed by atoms with Gasteiger partial charge in [-0.2, -0.15) is 0 Å². The summed E-state index contributed by atoms with van der Waals surface area (Å²) in [5.41, 5.74) is 5.55. The van der Waals surface area contributed by atoms with Gasteiger partial charge in [0, 0.05) is 6.04 Å². The van der Waals surface area contributed by atoms with Crippen molar-refractivity contribution in [1.82, 2.24) is 10.2 Å². The molecule has 0 spiro atoms. The highest BCUT2D eigenvalue weighted by Gasteiger charge is 2.13. The first-order chi connectivity index (χ1) is 6.63. The Kier molecular flexibility index (Phi) is 4.28. The van der Waals surface area contributed by atoms with Gasteiger partial charge in [0.15, 0.2) is 0 Å². The zero-order chi connectivity index (χ0) is 10.6. The van der Waals surface area contributed by atoms with E-state index in [-0.39, 0.29) is 0 Å². The van der Waals surface area contributed by atoms with Gasteiger partial charge >= 0.3 is 0 Å². The Morgan fingerprint density at radius 1 is 1.43 bits per heavy atom. The first-order valence-electron chi connectivity index (χ1n) is 4.90. The maximum atomic E-state index is 5.55. The van der Waals surface area contributed by atoms with Crippen LogP contribution in [-0.4, -0.2) is 22.8 Å². The van der Waals surface area contributed by atoms with E-state index >= 15 is 0 Å². The van der Waals surface area contributed by atoms with E-state index in [1.54, 1.807) is 11.3 Å². The molecule has 0 aliphatic carbocycles. The summed E-state index contributed by atoms with van der Waals surface area (Å²) < 4.78 is 0. The normalized spacial score (nSPS) is 13.2. The van der Waals surface area contributed by atoms with E-state index in [9.17, 15) is 0 Å². The molecule has 1 rings (SSSR count). The summed E-state index contributed by atoms with van der Waals surface area (Å²) in [6, 6.07) is 0.396. The molecule has 1 aromatic heterocycles. The molecule has 0 bridgehead atoms. The molecule has 1 atom stereocenters. The van der Waals surface area contributed by atoms with Crippen LogP contribution in [0.1, 0.15) is 25.3 Å². The van der Waals surface area contributed by atoms with Crippen molar-refractivity contribution < 1.29 is 0 Å². The lowest BCUT2D eigenvalue weighted by Gasteiger charge is -2.20. The number of hydrogen-bond donors (Lipinski definition) is 2. The largest absolute Gasteiger partial charge is 0.357 e. The molecular weight excluding hydrogens is 196 g/mol. The molecule has 0 aliphatic rings. The van der Waals surface area contributed by atoms with Crippen molar-refractivity contribution in [1.29, 1.82) is 0 Å². The lowest BCUT2D eigenvalue weighted by Crippen LogP contribution is -2.28. The SMILES string of the molecule is Cc1nnc(NC(CCN)C(C)C)s1. The van der Waals surface area contributed by atoms with Gasteiger partial charge in [-0.15, -0.1) is 10.2 Å². The number of anilines is 1. The van der Waals surface area contributed by atoms with Crippen molar-refractivity contribution >= 4 is 16.5 Å². The van der Waals surface area contributed by atoms with Crippen LogP contribution in [0.15, 0.2) is 0 Å². The highest BCUT2D eigenvalue weighted by atomic mass is 32.1. The lowest BCUT2D eigenvalue weighted by molar-refractivity contribution is 0.498. The van der Waals surface area contributed by atoms with Crippen LogP contribution in [0.4, 0.5) is 5.13 Å². The van der Waals surface area contributed by atoms with E-state index in [2.05, 4.69) is 29.4 Å². The summed E-state index contributed by atoms with van der Waals surface area (Å²) >= 11 is 1.59. The smallest absolute Gasteiger partial charge is 0.205 e. The molecule has 14 heavy (non-hydrogen) atoms. The van der Waals surface area contributed by atoms with E-state index in [4.69, 9.17) is 5.73 Å². The Hall–Kier alpha value is -0.680. The lowest BCUT2D eigenvalue weighted by atomic mass is 10.0. The summed E-state index contributed by atoms with van der Waals surface area (Å²) in [7, 11) is 0. The van der Waals surface area contributed by atoms with Crippen molar-refractivity contribution in [2.24, 2.45) is 11.7 Å². The quantitative estimate of drug-likeness (QED) is 0.782. The van der Waals surface area contributed by atoms with Gasteiger partial charge in [0.2, 0.25) is 5.13 Å². The van der Waals surface area contributed by atoms with Crippen molar-refractivity contribution in [3.8, 4) is 0 Å². The van der Waals surface area contributed by atoms with E-state index < -0.39 is 0 Å². The first kappa shape index (κ1) is 11.4. The van der Waals surface area contributed by atoms with Crippen molar-refractivity contribution in [3.05, 3.63) is 5.01 Å². The summed E-state index contributed by atoms with van der Waals surface area (Å²) in [4.78, 5) is 0. The van der Waals surface area contributed by atoms with Gasteiger partial charge in [0.25, 0.3) is 0 Å². The molecule has 1 heterocycles. The van der Waals surface area contributed by atoms with Gasteiger partial charge in [-0.25, -0.2) is 0 Å². The van der Waals surface area contributed by atoms with E-state index in [0.29, 0.717) is 18.5 Å². The summed E-state index contributed by atoms with van der Waals surface area (Å²) in [5, 5.41) is 13.3. The van der Waals surface area contributed by atoms with Crippen molar-refractivity contribution in [3.63, 3.8) is 0 Å². The van der Waals surface area contributed by atoms with Crippen LogP contribution in [0.3, 0.4) is 0 Å². The summed E-state index contributed by atoms with van der Waals surface area (Å²) in [5.74, 6) is 0.558. The van der Waals surface area contributed by atoms with Gasteiger partial charge in [-0.05, 0) is 25.8 Å². The van der Waals surface area contributed by atoms with Crippen LogP contribution in [0.25, 0.3) is 0 Å². The van der Waals surface area contributed by atoms with E-state index in [1.807, 2.05) is 6.92 Å². The standard InChI is InChI=1S/C9H18N4S/c1-6(2)8(4-5-10)11-9-13-12-7(3)14-9/h6,8H,4-5,10H2,1-3H3,(H,11,13). The molecule has 1 unspecified atom stereocenters. The number of nitrogens with two attached hydrogens (primary N) is 1. The molecule has 0 fully saturated rings. The molecule has 1 aromatic rings. The van der Waals surface area contributed by atoms with Crippen LogP contribution in [0, 0.1) is 12.8 Å². The van der Waals surface area contributed by atoms with Gasteiger partial charge in [0.1, 0.15) is 5.01 Å². The molecule has 4 nitrogen and oxygen atoms in total. The highest BCUT2D eigenvalue weighted by Crippen LogP contribution is 2.18. The zero-order valence-electron chi connectivity index (χ0n) is 8.95. The Morgan fingerprint density at radius 3 is 2.57 bits per heavy atom. The fraction of sp³-hybridized carbons (Fsp3) is 0.778. The molecule has 0 amide bonds. The molecule has 0 aromatic carbocycles. The Morgan fingerprint density at radius 2 is 2.14 bits per heavy atom. The van der Waals surface area contributed by atoms with Crippen LogP contribution in [-0.2, 0) is 0 Å². The van der Waals surface area contributed by atoms with Crippen LogP contribution in [0.5, 0.6) is 0 Å². The number of aryl methyl sites for hydroxylation is 1. The van der Waals surface area contributed by atoms with Gasteiger partial charge in [-0.3, -0.25) is 0 Å². The molecule has 0 radical (unpaired) electrons. The van der Waals surface area contributed by atoms with Gasteiger partial charge in [0.05, 0.1) is 0 Å². The molecule has 3 N–H and O–H groups in total. The topological polar surface area (TPSA) is 63.8 Å². The second-order valence-corrected chi connectivity index (χ2v) is 4.88. The average molecular weight is 214 g/mol. The van der Waals surface area contributed by atoms with Crippen LogP contribution < -0.4 is 11.1 Å².